The highest BCUT2D eigenvalue weighted by Crippen LogP contribution is 2.42. The van der Waals surface area contributed by atoms with Crippen molar-refractivity contribution >= 4 is 21.6 Å². The fraction of sp³-hybridized carbons (Fsp3) is 0.647. The molecule has 0 amide bonds. The smallest absolute Gasteiger partial charge is 0.214 e. The van der Waals surface area contributed by atoms with Crippen molar-refractivity contribution in [3.8, 4) is 0 Å². The number of halogens is 1. The highest BCUT2D eigenvalue weighted by Gasteiger charge is 2.48. The minimum absolute atomic E-state index is 0.0787. The Balaban J connectivity index is 1.81. The van der Waals surface area contributed by atoms with Gasteiger partial charge in [0.25, 0.3) is 0 Å². The van der Waals surface area contributed by atoms with Crippen molar-refractivity contribution in [2.45, 2.75) is 31.2 Å². The fourth-order valence-corrected chi connectivity index (χ4v) is 5.88. The quantitative estimate of drug-likeness (QED) is 0.581. The summed E-state index contributed by atoms with van der Waals surface area (Å²) in [6.07, 6.45) is 2.17. The van der Waals surface area contributed by atoms with E-state index < -0.39 is 10.0 Å². The maximum Gasteiger partial charge on any atom is 0.214 e. The molecule has 2 fully saturated rings. The third kappa shape index (κ3) is 3.73. The number of sulfonamides is 1. The Morgan fingerprint density at radius 1 is 1.22 bits per heavy atom. The van der Waals surface area contributed by atoms with Crippen LogP contribution in [0.5, 0.6) is 0 Å². The van der Waals surface area contributed by atoms with Gasteiger partial charge in [-0.1, -0.05) is 30.3 Å². The van der Waals surface area contributed by atoms with Crippen molar-refractivity contribution in [2.24, 2.45) is 5.92 Å². The molecular formula is C17H24ClNO3S. The molecule has 1 aromatic rings. The summed E-state index contributed by atoms with van der Waals surface area (Å²) in [5.74, 6) is 1.20. The summed E-state index contributed by atoms with van der Waals surface area (Å²) in [7, 11) is -3.22. The number of hydrogen-bond acceptors (Lipinski definition) is 3. The van der Waals surface area contributed by atoms with Gasteiger partial charge < -0.3 is 4.74 Å². The lowest BCUT2D eigenvalue weighted by atomic mass is 9.84. The SMILES string of the molecule is O=S(=O)(CCCCCl)N1CC(c2ccccc2)C2COCCC21. The van der Waals surface area contributed by atoms with E-state index in [1.54, 1.807) is 4.31 Å². The maximum atomic E-state index is 12.8. The average Bonchev–Trinajstić information content (AvgIpc) is 2.96. The second-order valence-corrected chi connectivity index (χ2v) is 8.81. The molecule has 2 saturated heterocycles. The zero-order valence-electron chi connectivity index (χ0n) is 13.2. The molecule has 2 aliphatic heterocycles. The van der Waals surface area contributed by atoms with Crippen LogP contribution in [0.25, 0.3) is 0 Å². The van der Waals surface area contributed by atoms with Crippen molar-refractivity contribution in [1.29, 1.82) is 0 Å². The first-order valence-corrected chi connectivity index (χ1v) is 10.5. The highest BCUT2D eigenvalue weighted by atomic mass is 35.5. The van der Waals surface area contributed by atoms with Crippen LogP contribution in [0.4, 0.5) is 0 Å². The van der Waals surface area contributed by atoms with E-state index in [0.717, 1.165) is 12.8 Å². The normalized spacial score (nSPS) is 28.7. The molecular weight excluding hydrogens is 334 g/mol. The van der Waals surface area contributed by atoms with Gasteiger partial charge in [0.15, 0.2) is 0 Å². The van der Waals surface area contributed by atoms with E-state index in [4.69, 9.17) is 16.3 Å². The molecule has 128 valence electrons. The number of unbranched alkanes of at least 4 members (excludes halogenated alkanes) is 1. The van der Waals surface area contributed by atoms with Crippen LogP contribution in [0.3, 0.4) is 0 Å². The first-order valence-electron chi connectivity index (χ1n) is 8.31. The lowest BCUT2D eigenvalue weighted by molar-refractivity contribution is 0.0323. The first kappa shape index (κ1) is 17.2. The molecule has 2 aliphatic rings. The minimum Gasteiger partial charge on any atom is -0.381 e. The van der Waals surface area contributed by atoms with E-state index in [9.17, 15) is 8.42 Å². The third-order valence-electron chi connectivity index (χ3n) is 5.00. The van der Waals surface area contributed by atoms with E-state index in [1.165, 1.54) is 5.56 Å². The number of ether oxygens (including phenoxy) is 1. The summed E-state index contributed by atoms with van der Waals surface area (Å²) in [4.78, 5) is 0. The lowest BCUT2D eigenvalue weighted by Crippen LogP contribution is -2.42. The average molecular weight is 358 g/mol. The van der Waals surface area contributed by atoms with Gasteiger partial charge in [-0.2, -0.15) is 4.31 Å². The summed E-state index contributed by atoms with van der Waals surface area (Å²) >= 11 is 5.68. The van der Waals surface area contributed by atoms with Crippen LogP contribution in [0.1, 0.15) is 30.7 Å². The number of rotatable bonds is 6. The van der Waals surface area contributed by atoms with Crippen LogP contribution in [-0.4, -0.2) is 50.2 Å². The summed E-state index contributed by atoms with van der Waals surface area (Å²) < 4.78 is 33.0. The summed E-state index contributed by atoms with van der Waals surface area (Å²) in [6.45, 7) is 1.88. The Labute approximate surface area is 143 Å². The lowest BCUT2D eigenvalue weighted by Gasteiger charge is -2.32. The first-order chi connectivity index (χ1) is 11.1. The van der Waals surface area contributed by atoms with Crippen LogP contribution < -0.4 is 0 Å². The van der Waals surface area contributed by atoms with Gasteiger partial charge in [-0.05, 0) is 24.8 Å². The van der Waals surface area contributed by atoms with Gasteiger partial charge in [-0.3, -0.25) is 0 Å². The molecule has 3 atom stereocenters. The van der Waals surface area contributed by atoms with Gasteiger partial charge in [0.1, 0.15) is 0 Å². The summed E-state index contributed by atoms with van der Waals surface area (Å²) in [5, 5.41) is 0. The zero-order valence-corrected chi connectivity index (χ0v) is 14.8. The molecule has 0 bridgehead atoms. The van der Waals surface area contributed by atoms with Crippen molar-refractivity contribution < 1.29 is 13.2 Å². The Kier molecular flexibility index (Phi) is 5.62. The second-order valence-electron chi connectivity index (χ2n) is 6.39. The van der Waals surface area contributed by atoms with Crippen molar-refractivity contribution in [2.75, 3.05) is 31.4 Å². The molecule has 1 aromatic carbocycles. The number of benzene rings is 1. The number of fused-ring (bicyclic) bond motifs is 1. The monoisotopic (exact) mass is 357 g/mol. The maximum absolute atomic E-state index is 12.8. The number of alkyl halides is 1. The molecule has 0 aromatic heterocycles. The van der Waals surface area contributed by atoms with E-state index in [1.807, 2.05) is 18.2 Å². The molecule has 3 unspecified atom stereocenters. The van der Waals surface area contributed by atoms with Gasteiger partial charge in [0, 0.05) is 36.9 Å². The number of hydrogen-bond donors (Lipinski definition) is 0. The highest BCUT2D eigenvalue weighted by molar-refractivity contribution is 7.89. The predicted octanol–water partition coefficient (Wildman–Crippen LogP) is 2.84. The van der Waals surface area contributed by atoms with E-state index in [0.29, 0.717) is 32.1 Å². The zero-order chi connectivity index (χ0) is 16.3. The molecule has 0 N–H and O–H groups in total. The Morgan fingerprint density at radius 2 is 2.00 bits per heavy atom. The molecule has 3 rings (SSSR count). The van der Waals surface area contributed by atoms with Gasteiger partial charge in [-0.15, -0.1) is 11.6 Å². The van der Waals surface area contributed by atoms with Gasteiger partial charge in [0.2, 0.25) is 10.0 Å². The molecule has 0 spiro atoms. The van der Waals surface area contributed by atoms with Crippen LogP contribution in [0, 0.1) is 5.92 Å². The summed E-state index contributed by atoms with van der Waals surface area (Å²) in [6, 6.07) is 10.3. The molecule has 6 heteroatoms. The fourth-order valence-electron chi connectivity index (χ4n) is 3.82. The third-order valence-corrected chi connectivity index (χ3v) is 7.20. The Hall–Kier alpha value is -0.620. The van der Waals surface area contributed by atoms with Crippen molar-refractivity contribution in [3.63, 3.8) is 0 Å². The van der Waals surface area contributed by atoms with Crippen LogP contribution in [0.2, 0.25) is 0 Å². The van der Waals surface area contributed by atoms with E-state index in [-0.39, 0.29) is 23.6 Å². The van der Waals surface area contributed by atoms with Gasteiger partial charge in [0.05, 0.1) is 12.4 Å². The summed E-state index contributed by atoms with van der Waals surface area (Å²) in [5.41, 5.74) is 1.21. The van der Waals surface area contributed by atoms with Crippen LogP contribution in [0.15, 0.2) is 30.3 Å². The molecule has 2 heterocycles. The molecule has 23 heavy (non-hydrogen) atoms. The topological polar surface area (TPSA) is 46.6 Å². The van der Waals surface area contributed by atoms with Crippen molar-refractivity contribution in [1.82, 2.24) is 4.31 Å². The van der Waals surface area contributed by atoms with E-state index in [2.05, 4.69) is 12.1 Å². The van der Waals surface area contributed by atoms with Crippen molar-refractivity contribution in [3.05, 3.63) is 35.9 Å². The Morgan fingerprint density at radius 3 is 2.74 bits per heavy atom. The second kappa shape index (κ2) is 7.51. The molecule has 0 saturated carbocycles. The van der Waals surface area contributed by atoms with Gasteiger partial charge >= 0.3 is 0 Å². The van der Waals surface area contributed by atoms with Crippen LogP contribution >= 0.6 is 11.6 Å². The standard InChI is InChI=1S/C17H24ClNO3S/c18-9-4-5-11-23(20,21)19-12-15(14-6-2-1-3-7-14)16-13-22-10-8-17(16)19/h1-3,6-7,15-17H,4-5,8-13H2. The van der Waals surface area contributed by atoms with E-state index >= 15 is 0 Å². The molecule has 0 aliphatic carbocycles. The number of nitrogens with zero attached hydrogens (tertiary/aromatic N) is 1. The molecule has 0 radical (unpaired) electrons. The predicted molar refractivity (Wildman–Crippen MR) is 92.3 cm³/mol. The Bertz CT molecular complexity index is 608. The van der Waals surface area contributed by atoms with Crippen LogP contribution in [-0.2, 0) is 14.8 Å². The molecule has 4 nitrogen and oxygen atoms in total. The van der Waals surface area contributed by atoms with Gasteiger partial charge in [-0.25, -0.2) is 8.42 Å². The largest absolute Gasteiger partial charge is 0.381 e. The minimum atomic E-state index is -3.22.